The van der Waals surface area contributed by atoms with Gasteiger partial charge in [0.2, 0.25) is 0 Å². The van der Waals surface area contributed by atoms with Crippen molar-refractivity contribution in [2.45, 2.75) is 24.9 Å². The second kappa shape index (κ2) is 3.48. The lowest BCUT2D eigenvalue weighted by Crippen LogP contribution is -2.10. The third-order valence-electron chi connectivity index (χ3n) is 4.11. The number of alkyl halides is 3. The summed E-state index contributed by atoms with van der Waals surface area (Å²) in [5, 5.41) is 3.33. The van der Waals surface area contributed by atoms with Crippen molar-refractivity contribution in [1.29, 1.82) is 0 Å². The van der Waals surface area contributed by atoms with Gasteiger partial charge in [0, 0.05) is 6.54 Å². The molecule has 1 spiro atoms. The molecular weight excluding hydrogens is 227 g/mol. The highest BCUT2D eigenvalue weighted by molar-refractivity contribution is 5.34. The van der Waals surface area contributed by atoms with E-state index in [-0.39, 0.29) is 0 Å². The minimum absolute atomic E-state index is 0.347. The van der Waals surface area contributed by atoms with E-state index in [0.29, 0.717) is 11.3 Å². The average molecular weight is 241 g/mol. The fourth-order valence-electron chi connectivity index (χ4n) is 2.96. The van der Waals surface area contributed by atoms with Crippen LogP contribution in [0.4, 0.5) is 13.2 Å². The van der Waals surface area contributed by atoms with E-state index in [4.69, 9.17) is 0 Å². The van der Waals surface area contributed by atoms with Crippen LogP contribution in [0.3, 0.4) is 0 Å². The first-order chi connectivity index (χ1) is 8.01. The minimum Gasteiger partial charge on any atom is -0.316 e. The van der Waals surface area contributed by atoms with Gasteiger partial charge in [-0.15, -0.1) is 0 Å². The highest BCUT2D eigenvalue weighted by Crippen LogP contribution is 2.62. The predicted molar refractivity (Wildman–Crippen MR) is 58.7 cm³/mol. The summed E-state index contributed by atoms with van der Waals surface area (Å²) in [6, 6.07) is 5.68. The second-order valence-corrected chi connectivity index (χ2v) is 5.17. The third kappa shape index (κ3) is 1.84. The lowest BCUT2D eigenvalue weighted by atomic mass is 9.97. The molecular formula is C13H14F3N. The van der Waals surface area contributed by atoms with Crippen molar-refractivity contribution in [3.05, 3.63) is 35.4 Å². The van der Waals surface area contributed by atoms with Crippen LogP contribution < -0.4 is 5.32 Å². The molecule has 0 bridgehead atoms. The zero-order valence-corrected chi connectivity index (χ0v) is 9.35. The number of hydrogen-bond donors (Lipinski definition) is 1. The number of nitrogens with one attached hydrogen (secondary N) is 1. The van der Waals surface area contributed by atoms with Crippen molar-refractivity contribution in [1.82, 2.24) is 5.32 Å². The fraction of sp³-hybridized carbons (Fsp3) is 0.538. The smallest absolute Gasteiger partial charge is 0.316 e. The van der Waals surface area contributed by atoms with Gasteiger partial charge in [-0.1, -0.05) is 12.1 Å². The Morgan fingerprint density at radius 1 is 1.18 bits per heavy atom. The number of rotatable bonds is 1. The molecule has 4 heteroatoms. The largest absolute Gasteiger partial charge is 0.416 e. The van der Waals surface area contributed by atoms with Crippen molar-refractivity contribution in [2.75, 3.05) is 13.1 Å². The molecule has 2 fully saturated rings. The quantitative estimate of drug-likeness (QED) is 0.796. The van der Waals surface area contributed by atoms with Crippen LogP contribution in [0.1, 0.15) is 29.9 Å². The van der Waals surface area contributed by atoms with E-state index >= 15 is 0 Å². The van der Waals surface area contributed by atoms with Gasteiger partial charge >= 0.3 is 6.18 Å². The predicted octanol–water partition coefficient (Wildman–Crippen LogP) is 3.17. The Morgan fingerprint density at radius 3 is 2.41 bits per heavy atom. The van der Waals surface area contributed by atoms with Gasteiger partial charge in [-0.05, 0) is 48.4 Å². The highest BCUT2D eigenvalue weighted by atomic mass is 19.4. The molecule has 1 unspecified atom stereocenters. The van der Waals surface area contributed by atoms with Crippen molar-refractivity contribution < 1.29 is 13.2 Å². The molecule has 1 N–H and O–H groups in total. The van der Waals surface area contributed by atoms with E-state index in [2.05, 4.69) is 5.32 Å². The number of benzene rings is 1. The maximum absolute atomic E-state index is 12.4. The lowest BCUT2D eigenvalue weighted by Gasteiger charge is -2.10. The normalized spacial score (nSPS) is 32.1. The Kier molecular flexibility index (Phi) is 2.27. The van der Waals surface area contributed by atoms with Crippen molar-refractivity contribution >= 4 is 0 Å². The maximum atomic E-state index is 12.4. The zero-order chi connectivity index (χ0) is 12.1. The molecule has 2 atom stereocenters. The van der Waals surface area contributed by atoms with E-state index in [9.17, 15) is 13.2 Å². The third-order valence-corrected chi connectivity index (χ3v) is 4.11. The molecule has 0 amide bonds. The second-order valence-electron chi connectivity index (χ2n) is 5.17. The molecule has 1 nitrogen and oxygen atoms in total. The van der Waals surface area contributed by atoms with Crippen molar-refractivity contribution in [2.24, 2.45) is 5.41 Å². The Bertz CT molecular complexity index is 415. The SMILES string of the molecule is FC(F)(F)c1ccc([C@H]2CC23CCNC3)cc1. The first-order valence-electron chi connectivity index (χ1n) is 5.89. The van der Waals surface area contributed by atoms with Gasteiger partial charge in [0.05, 0.1) is 5.56 Å². The Morgan fingerprint density at radius 2 is 1.88 bits per heavy atom. The summed E-state index contributed by atoms with van der Waals surface area (Å²) < 4.78 is 37.3. The molecule has 1 aliphatic heterocycles. The van der Waals surface area contributed by atoms with Gasteiger partial charge in [-0.2, -0.15) is 13.2 Å². The van der Waals surface area contributed by atoms with Crippen LogP contribution >= 0.6 is 0 Å². The van der Waals surface area contributed by atoms with Gasteiger partial charge in [0.25, 0.3) is 0 Å². The number of hydrogen-bond acceptors (Lipinski definition) is 1. The Labute approximate surface area is 98.0 Å². The summed E-state index contributed by atoms with van der Waals surface area (Å²) >= 11 is 0. The van der Waals surface area contributed by atoms with Crippen LogP contribution in [-0.2, 0) is 6.18 Å². The summed E-state index contributed by atoms with van der Waals surface area (Å²) in [6.45, 7) is 2.05. The lowest BCUT2D eigenvalue weighted by molar-refractivity contribution is -0.137. The van der Waals surface area contributed by atoms with Gasteiger partial charge in [-0.25, -0.2) is 0 Å². The van der Waals surface area contributed by atoms with Crippen LogP contribution in [-0.4, -0.2) is 13.1 Å². The van der Waals surface area contributed by atoms with E-state index in [1.165, 1.54) is 12.1 Å². The summed E-state index contributed by atoms with van der Waals surface area (Å²) in [5.41, 5.74) is 0.849. The summed E-state index contributed by atoms with van der Waals surface area (Å²) in [5.74, 6) is 0.458. The molecule has 0 radical (unpaired) electrons. The molecule has 1 heterocycles. The minimum atomic E-state index is -4.23. The van der Waals surface area contributed by atoms with E-state index in [1.807, 2.05) is 0 Å². The molecule has 1 saturated carbocycles. The van der Waals surface area contributed by atoms with E-state index < -0.39 is 11.7 Å². The van der Waals surface area contributed by atoms with Crippen LogP contribution in [0.2, 0.25) is 0 Å². The fourth-order valence-corrected chi connectivity index (χ4v) is 2.96. The van der Waals surface area contributed by atoms with E-state index in [1.54, 1.807) is 12.1 Å². The van der Waals surface area contributed by atoms with Crippen molar-refractivity contribution in [3.63, 3.8) is 0 Å². The Hall–Kier alpha value is -1.03. The molecule has 92 valence electrons. The van der Waals surface area contributed by atoms with Crippen molar-refractivity contribution in [3.8, 4) is 0 Å². The summed E-state index contributed by atoms with van der Waals surface area (Å²) in [4.78, 5) is 0. The van der Waals surface area contributed by atoms with Gasteiger partial charge in [-0.3, -0.25) is 0 Å². The van der Waals surface area contributed by atoms with Crippen LogP contribution in [0.25, 0.3) is 0 Å². The molecule has 1 aromatic carbocycles. The van der Waals surface area contributed by atoms with Gasteiger partial charge in [0.1, 0.15) is 0 Å². The Balaban J connectivity index is 1.78. The summed E-state index contributed by atoms with van der Waals surface area (Å²) in [6.07, 6.45) is -1.96. The number of halogens is 3. The first-order valence-corrected chi connectivity index (χ1v) is 5.89. The van der Waals surface area contributed by atoms with E-state index in [0.717, 1.165) is 31.5 Å². The molecule has 1 aliphatic carbocycles. The van der Waals surface area contributed by atoms with Crippen LogP contribution in [0, 0.1) is 5.41 Å². The standard InChI is InChI=1S/C13H14F3N/c14-13(15,16)10-3-1-9(2-4-10)11-7-12(11)5-6-17-8-12/h1-4,11,17H,5-8H2/t11-,12?/m1/s1. The molecule has 3 rings (SSSR count). The highest BCUT2D eigenvalue weighted by Gasteiger charge is 2.55. The monoisotopic (exact) mass is 241 g/mol. The molecule has 1 saturated heterocycles. The molecule has 1 aromatic rings. The molecule has 2 aliphatic rings. The maximum Gasteiger partial charge on any atom is 0.416 e. The first kappa shape index (κ1) is 11.1. The van der Waals surface area contributed by atoms with Gasteiger partial charge in [0.15, 0.2) is 0 Å². The molecule has 17 heavy (non-hydrogen) atoms. The zero-order valence-electron chi connectivity index (χ0n) is 9.35. The van der Waals surface area contributed by atoms with Gasteiger partial charge < -0.3 is 5.32 Å². The summed E-state index contributed by atoms with van der Waals surface area (Å²) in [7, 11) is 0. The average Bonchev–Trinajstić information content (AvgIpc) is 2.76. The molecule has 0 aromatic heterocycles. The topological polar surface area (TPSA) is 12.0 Å². The van der Waals surface area contributed by atoms with Crippen LogP contribution in [0.5, 0.6) is 0 Å². The van der Waals surface area contributed by atoms with Crippen LogP contribution in [0.15, 0.2) is 24.3 Å².